The number of carboxylic acid groups (broad SMARTS) is 1. The summed E-state index contributed by atoms with van der Waals surface area (Å²) in [5, 5.41) is 16.7. The SMILES string of the molecule is CC(=O)Nc1ccc(NC(=O)C2C3C=CC(C3)C2C(=O)[O-])cc1. The highest BCUT2D eigenvalue weighted by Crippen LogP contribution is 2.48. The highest BCUT2D eigenvalue weighted by molar-refractivity contribution is 5.96. The van der Waals surface area contributed by atoms with Gasteiger partial charge in [-0.25, -0.2) is 0 Å². The van der Waals surface area contributed by atoms with Crippen LogP contribution < -0.4 is 15.7 Å². The average Bonchev–Trinajstić information content (AvgIpc) is 3.09. The van der Waals surface area contributed by atoms with Crippen LogP contribution in [0.4, 0.5) is 11.4 Å². The predicted octanol–water partition coefficient (Wildman–Crippen LogP) is 0.772. The first-order valence-corrected chi connectivity index (χ1v) is 7.53. The molecule has 1 aromatic rings. The van der Waals surface area contributed by atoms with E-state index in [4.69, 9.17) is 0 Å². The lowest BCUT2D eigenvalue weighted by atomic mass is 9.82. The fraction of sp³-hybridized carbons (Fsp3) is 0.353. The first kappa shape index (κ1) is 15.3. The fourth-order valence-electron chi connectivity index (χ4n) is 3.57. The van der Waals surface area contributed by atoms with Crippen molar-refractivity contribution in [2.45, 2.75) is 13.3 Å². The zero-order valence-corrected chi connectivity index (χ0v) is 12.6. The highest BCUT2D eigenvalue weighted by atomic mass is 16.4. The van der Waals surface area contributed by atoms with Crippen LogP contribution in [0.5, 0.6) is 0 Å². The maximum atomic E-state index is 12.5. The van der Waals surface area contributed by atoms with Gasteiger partial charge in [-0.05, 0) is 42.5 Å². The van der Waals surface area contributed by atoms with E-state index in [0.29, 0.717) is 17.8 Å². The zero-order valence-electron chi connectivity index (χ0n) is 12.6. The lowest BCUT2D eigenvalue weighted by Crippen LogP contribution is -2.42. The van der Waals surface area contributed by atoms with Crippen LogP contribution in [0.3, 0.4) is 0 Å². The summed E-state index contributed by atoms with van der Waals surface area (Å²) in [6, 6.07) is 6.68. The molecule has 2 aliphatic carbocycles. The van der Waals surface area contributed by atoms with Gasteiger partial charge in [-0.15, -0.1) is 0 Å². The molecule has 6 heteroatoms. The number of hydrogen-bond acceptors (Lipinski definition) is 4. The van der Waals surface area contributed by atoms with Crippen LogP contribution >= 0.6 is 0 Å². The van der Waals surface area contributed by atoms with Gasteiger partial charge in [-0.2, -0.15) is 0 Å². The molecule has 1 saturated carbocycles. The number of benzene rings is 1. The van der Waals surface area contributed by atoms with Crippen LogP contribution in [-0.2, 0) is 14.4 Å². The van der Waals surface area contributed by atoms with Crippen LogP contribution in [-0.4, -0.2) is 17.8 Å². The van der Waals surface area contributed by atoms with E-state index in [-0.39, 0.29) is 23.7 Å². The van der Waals surface area contributed by atoms with Crippen LogP contribution in [0.2, 0.25) is 0 Å². The smallest absolute Gasteiger partial charge is 0.228 e. The van der Waals surface area contributed by atoms with Crippen molar-refractivity contribution in [3.8, 4) is 0 Å². The summed E-state index contributed by atoms with van der Waals surface area (Å²) in [6.07, 6.45) is 4.49. The van der Waals surface area contributed by atoms with E-state index in [2.05, 4.69) is 10.6 Å². The Hall–Kier alpha value is -2.63. The number of allylic oxidation sites excluding steroid dienone is 2. The first-order chi connectivity index (χ1) is 11.0. The summed E-state index contributed by atoms with van der Waals surface area (Å²) >= 11 is 0. The maximum absolute atomic E-state index is 12.5. The van der Waals surface area contributed by atoms with Gasteiger partial charge in [-0.3, -0.25) is 9.59 Å². The van der Waals surface area contributed by atoms with E-state index >= 15 is 0 Å². The molecule has 0 radical (unpaired) electrons. The Morgan fingerprint density at radius 3 is 2.00 bits per heavy atom. The number of carboxylic acids is 1. The van der Waals surface area contributed by atoms with E-state index in [9.17, 15) is 19.5 Å². The van der Waals surface area contributed by atoms with E-state index < -0.39 is 17.8 Å². The molecule has 2 N–H and O–H groups in total. The molecule has 0 heterocycles. The van der Waals surface area contributed by atoms with Crippen LogP contribution in [0.25, 0.3) is 0 Å². The molecule has 1 fully saturated rings. The van der Waals surface area contributed by atoms with Gasteiger partial charge in [0.25, 0.3) is 0 Å². The van der Waals surface area contributed by atoms with E-state index in [1.807, 2.05) is 12.2 Å². The minimum atomic E-state index is -1.16. The molecule has 0 aliphatic heterocycles. The molecule has 4 unspecified atom stereocenters. The number of amides is 2. The summed E-state index contributed by atoms with van der Waals surface area (Å²) in [5.41, 5.74) is 1.19. The Morgan fingerprint density at radius 2 is 1.48 bits per heavy atom. The summed E-state index contributed by atoms with van der Waals surface area (Å²) < 4.78 is 0. The third kappa shape index (κ3) is 2.97. The van der Waals surface area contributed by atoms with Crippen molar-refractivity contribution in [2.75, 3.05) is 10.6 Å². The lowest BCUT2D eigenvalue weighted by Gasteiger charge is -2.27. The van der Waals surface area contributed by atoms with Gasteiger partial charge < -0.3 is 20.5 Å². The molecule has 3 rings (SSSR count). The molecule has 2 bridgehead atoms. The molecule has 0 spiro atoms. The minimum Gasteiger partial charge on any atom is -0.550 e. The molecular weight excluding hydrogens is 296 g/mol. The molecule has 6 nitrogen and oxygen atoms in total. The molecular formula is C17H17N2O4-. The van der Waals surface area contributed by atoms with Crippen LogP contribution in [0.15, 0.2) is 36.4 Å². The predicted molar refractivity (Wildman–Crippen MR) is 82.1 cm³/mol. The summed E-state index contributed by atoms with van der Waals surface area (Å²) in [7, 11) is 0. The third-order valence-corrected chi connectivity index (χ3v) is 4.51. The first-order valence-electron chi connectivity index (χ1n) is 7.53. The molecule has 0 aromatic heterocycles. The largest absolute Gasteiger partial charge is 0.550 e. The van der Waals surface area contributed by atoms with Gasteiger partial charge in [0.05, 0.1) is 5.92 Å². The van der Waals surface area contributed by atoms with Crippen LogP contribution in [0.1, 0.15) is 13.3 Å². The van der Waals surface area contributed by atoms with E-state index in [1.165, 1.54) is 6.92 Å². The lowest BCUT2D eigenvalue weighted by molar-refractivity contribution is -0.313. The van der Waals surface area contributed by atoms with Crippen molar-refractivity contribution in [2.24, 2.45) is 23.7 Å². The Balaban J connectivity index is 1.70. The Labute approximate surface area is 133 Å². The summed E-state index contributed by atoms with van der Waals surface area (Å²) in [4.78, 5) is 34.8. The van der Waals surface area contributed by atoms with Gasteiger partial charge in [0, 0.05) is 30.2 Å². The maximum Gasteiger partial charge on any atom is 0.228 e. The van der Waals surface area contributed by atoms with Gasteiger partial charge in [0.15, 0.2) is 0 Å². The number of nitrogens with one attached hydrogen (secondary N) is 2. The number of anilines is 2. The molecule has 2 amide bonds. The molecule has 23 heavy (non-hydrogen) atoms. The number of carbonyl (C=O) groups excluding carboxylic acids is 3. The number of hydrogen-bond donors (Lipinski definition) is 2. The van der Waals surface area contributed by atoms with Gasteiger partial charge in [0.2, 0.25) is 11.8 Å². The number of rotatable bonds is 4. The zero-order chi connectivity index (χ0) is 16.6. The standard InChI is InChI=1S/C17H18N2O4/c1-9(20)18-12-4-6-13(7-5-12)19-16(21)14-10-2-3-11(8-10)15(14)17(22)23/h2-7,10-11,14-15H,8H2,1H3,(H,18,20)(H,19,21)(H,22,23)/p-1. The summed E-state index contributed by atoms with van der Waals surface area (Å²) in [6.45, 7) is 1.42. The molecule has 1 aromatic carbocycles. The Bertz CT molecular complexity index is 680. The third-order valence-electron chi connectivity index (χ3n) is 4.51. The van der Waals surface area contributed by atoms with Crippen molar-refractivity contribution in [1.29, 1.82) is 0 Å². The van der Waals surface area contributed by atoms with Crippen molar-refractivity contribution < 1.29 is 19.5 Å². The topological polar surface area (TPSA) is 98.3 Å². The van der Waals surface area contributed by atoms with Crippen molar-refractivity contribution in [3.05, 3.63) is 36.4 Å². The second-order valence-electron chi connectivity index (χ2n) is 6.07. The van der Waals surface area contributed by atoms with Gasteiger partial charge in [-0.1, -0.05) is 12.2 Å². The van der Waals surface area contributed by atoms with E-state index in [1.54, 1.807) is 24.3 Å². The molecule has 2 aliphatic rings. The Morgan fingerprint density at radius 1 is 0.957 bits per heavy atom. The molecule has 4 atom stereocenters. The van der Waals surface area contributed by atoms with Crippen molar-refractivity contribution >= 4 is 29.2 Å². The summed E-state index contributed by atoms with van der Waals surface area (Å²) in [5.74, 6) is -3.14. The normalized spacial score (nSPS) is 27.7. The molecule has 0 saturated heterocycles. The number of aliphatic carboxylic acids is 1. The van der Waals surface area contributed by atoms with Crippen LogP contribution in [0, 0.1) is 23.7 Å². The van der Waals surface area contributed by atoms with Crippen molar-refractivity contribution in [3.63, 3.8) is 0 Å². The minimum absolute atomic E-state index is 0.0402. The van der Waals surface area contributed by atoms with Gasteiger partial charge in [0.1, 0.15) is 0 Å². The highest BCUT2D eigenvalue weighted by Gasteiger charge is 2.48. The van der Waals surface area contributed by atoms with Crippen molar-refractivity contribution in [1.82, 2.24) is 0 Å². The van der Waals surface area contributed by atoms with Gasteiger partial charge >= 0.3 is 0 Å². The Kier molecular flexibility index (Phi) is 3.90. The molecule has 120 valence electrons. The monoisotopic (exact) mass is 313 g/mol. The second-order valence-corrected chi connectivity index (χ2v) is 6.07. The average molecular weight is 313 g/mol. The number of fused-ring (bicyclic) bond motifs is 2. The van der Waals surface area contributed by atoms with E-state index in [0.717, 1.165) is 0 Å². The second kappa shape index (κ2) is 5.87. The number of carbonyl (C=O) groups is 3. The quantitative estimate of drug-likeness (QED) is 0.802. The fourth-order valence-corrected chi connectivity index (χ4v) is 3.57.